The van der Waals surface area contributed by atoms with E-state index in [1.165, 1.54) is 45.4 Å². The van der Waals surface area contributed by atoms with Crippen LogP contribution in [0.4, 0.5) is 0 Å². The molecule has 0 atom stereocenters. The van der Waals surface area contributed by atoms with Gasteiger partial charge in [0.25, 0.3) is 10.0 Å². The zero-order chi connectivity index (χ0) is 19.5. The van der Waals surface area contributed by atoms with E-state index in [1.807, 2.05) is 0 Å². The molecule has 0 aromatic heterocycles. The Bertz CT molecular complexity index is 961. The molecule has 0 unspecified atom stereocenters. The number of ether oxygens (including phenoxy) is 2. The number of phenolic OH excluding ortho intramolecular Hbond substituents is 1. The second kappa shape index (κ2) is 8.03. The van der Waals surface area contributed by atoms with Crippen LogP contribution in [0.3, 0.4) is 0 Å². The van der Waals surface area contributed by atoms with Gasteiger partial charge in [0, 0.05) is 16.7 Å². The molecule has 140 valence electrons. The third kappa shape index (κ3) is 4.32. The Kier molecular flexibility index (Phi) is 6.22. The molecule has 0 fully saturated rings. The van der Waals surface area contributed by atoms with Crippen molar-refractivity contribution in [2.75, 3.05) is 14.2 Å². The molecule has 0 heterocycles. The van der Waals surface area contributed by atoms with E-state index in [-0.39, 0.29) is 37.7 Å². The van der Waals surface area contributed by atoms with Gasteiger partial charge in [0.05, 0.1) is 25.0 Å². The fourth-order valence-corrected chi connectivity index (χ4v) is 3.61. The second-order valence-corrected chi connectivity index (χ2v) is 7.57. The molecule has 0 saturated carbocycles. The van der Waals surface area contributed by atoms with E-state index in [0.717, 1.165) is 0 Å². The van der Waals surface area contributed by atoms with Gasteiger partial charge in [-0.1, -0.05) is 23.2 Å². The molecule has 2 N–H and O–H groups in total. The van der Waals surface area contributed by atoms with Gasteiger partial charge in [-0.25, -0.2) is 0 Å². The average Bonchev–Trinajstić information content (AvgIpc) is 2.62. The Morgan fingerprint density at radius 3 is 2.46 bits per heavy atom. The fraction of sp³-hybridized carbons (Fsp3) is 0.188. The van der Waals surface area contributed by atoms with Gasteiger partial charge >= 0.3 is 0 Å². The van der Waals surface area contributed by atoms with Gasteiger partial charge in [0.2, 0.25) is 0 Å². The zero-order valence-electron chi connectivity index (χ0n) is 14.1. The van der Waals surface area contributed by atoms with E-state index in [4.69, 9.17) is 32.7 Å². The molecule has 10 heteroatoms. The van der Waals surface area contributed by atoms with Crippen molar-refractivity contribution in [2.45, 2.75) is 11.8 Å². The number of methoxy groups -OCH3 is 2. The first-order chi connectivity index (χ1) is 12.2. The van der Waals surface area contributed by atoms with Crippen LogP contribution < -0.4 is 14.3 Å². The number of nitrogens with zero attached hydrogens (tertiary/aromatic N) is 1. The number of aromatic hydroxyl groups is 1. The molecule has 2 aromatic carbocycles. The van der Waals surface area contributed by atoms with Crippen LogP contribution in [0.2, 0.25) is 10.0 Å². The minimum Gasteiger partial charge on any atom is -0.506 e. The number of hydrazone groups is 1. The Morgan fingerprint density at radius 1 is 1.15 bits per heavy atom. The number of nitrogens with one attached hydrogen (secondary N) is 1. The highest BCUT2D eigenvalue weighted by Gasteiger charge is 2.21. The van der Waals surface area contributed by atoms with E-state index in [0.29, 0.717) is 5.75 Å². The van der Waals surface area contributed by atoms with Crippen LogP contribution in [0.25, 0.3) is 0 Å². The van der Waals surface area contributed by atoms with Crippen LogP contribution in [0.5, 0.6) is 17.2 Å². The fourth-order valence-electron chi connectivity index (χ4n) is 2.07. The second-order valence-electron chi connectivity index (χ2n) is 5.09. The van der Waals surface area contributed by atoms with Crippen molar-refractivity contribution in [3.8, 4) is 17.2 Å². The zero-order valence-corrected chi connectivity index (χ0v) is 16.4. The maximum atomic E-state index is 12.6. The van der Waals surface area contributed by atoms with Crippen molar-refractivity contribution in [3.05, 3.63) is 45.9 Å². The highest BCUT2D eigenvalue weighted by molar-refractivity contribution is 7.89. The maximum Gasteiger partial charge on any atom is 0.280 e. The van der Waals surface area contributed by atoms with E-state index in [9.17, 15) is 13.5 Å². The first kappa shape index (κ1) is 20.2. The Labute approximate surface area is 161 Å². The molecule has 0 aliphatic rings. The minimum atomic E-state index is -4.06. The molecule has 7 nitrogen and oxygen atoms in total. The molecule has 26 heavy (non-hydrogen) atoms. The molecule has 0 aliphatic heterocycles. The molecule has 0 spiro atoms. The molecule has 0 bridgehead atoms. The summed E-state index contributed by atoms with van der Waals surface area (Å²) in [5.41, 5.74) is 0.361. The predicted octanol–water partition coefficient (Wildman–Crippen LogP) is 3.42. The summed E-state index contributed by atoms with van der Waals surface area (Å²) in [6.45, 7) is 1.49. The summed E-state index contributed by atoms with van der Waals surface area (Å²) in [4.78, 5) is 1.94. The van der Waals surface area contributed by atoms with E-state index in [1.54, 1.807) is 6.07 Å². The molecule has 0 aliphatic carbocycles. The molecule has 2 rings (SSSR count). The highest BCUT2D eigenvalue weighted by atomic mass is 35.5. The van der Waals surface area contributed by atoms with Crippen molar-refractivity contribution in [3.63, 3.8) is 0 Å². The van der Waals surface area contributed by atoms with Gasteiger partial charge < -0.3 is 14.6 Å². The molecule has 0 amide bonds. The summed E-state index contributed by atoms with van der Waals surface area (Å²) in [6.07, 6.45) is 0. The quantitative estimate of drug-likeness (QED) is 0.553. The summed E-state index contributed by atoms with van der Waals surface area (Å²) in [7, 11) is -1.30. The van der Waals surface area contributed by atoms with Crippen LogP contribution in [0.1, 0.15) is 12.5 Å². The summed E-state index contributed by atoms with van der Waals surface area (Å²) >= 11 is 11.8. The first-order valence-electron chi connectivity index (χ1n) is 7.16. The van der Waals surface area contributed by atoms with Gasteiger partial charge in [-0.05, 0) is 31.2 Å². The van der Waals surface area contributed by atoms with Crippen LogP contribution in [-0.4, -0.2) is 33.5 Å². The van der Waals surface area contributed by atoms with Crippen LogP contribution in [0.15, 0.2) is 40.3 Å². The molecular weight excluding hydrogens is 403 g/mol. The van der Waals surface area contributed by atoms with Crippen molar-refractivity contribution >= 4 is 38.9 Å². The Hall–Kier alpha value is -2.16. The van der Waals surface area contributed by atoms with Gasteiger partial charge in [-0.15, -0.1) is 0 Å². The number of hydrogen-bond donors (Lipinski definition) is 2. The number of rotatable bonds is 6. The number of hydrogen-bond acceptors (Lipinski definition) is 6. The summed E-state index contributed by atoms with van der Waals surface area (Å²) in [6, 6.07) is 7.12. The smallest absolute Gasteiger partial charge is 0.280 e. The van der Waals surface area contributed by atoms with Gasteiger partial charge in [-0.2, -0.15) is 18.4 Å². The number of phenols is 1. The third-order valence-corrected chi connectivity index (χ3v) is 5.15. The lowest BCUT2D eigenvalue weighted by Crippen LogP contribution is -2.20. The summed E-state index contributed by atoms with van der Waals surface area (Å²) in [5.74, 6) is 0.210. The van der Waals surface area contributed by atoms with Gasteiger partial charge in [0.1, 0.15) is 22.1 Å². The number of halogens is 2. The number of benzene rings is 2. The van der Waals surface area contributed by atoms with Crippen molar-refractivity contribution in [2.24, 2.45) is 5.10 Å². The highest BCUT2D eigenvalue weighted by Crippen LogP contribution is 2.32. The standard InChI is InChI=1S/C16H16Cl2N2O5S/c1-9(12-6-10(17)7-13(18)16(12)21)19-20-26(22,23)15-8-11(24-2)4-5-14(15)25-3/h4-8,20-21H,1-3H3/b19-9-. The molecule has 0 radical (unpaired) electrons. The minimum absolute atomic E-state index is 0.0272. The predicted molar refractivity (Wildman–Crippen MR) is 100 cm³/mol. The SMILES string of the molecule is COc1ccc(OC)c(S(=O)(=O)N/N=C(/C)c2cc(Cl)cc(Cl)c2O)c1. The van der Waals surface area contributed by atoms with E-state index < -0.39 is 10.0 Å². The van der Waals surface area contributed by atoms with Crippen molar-refractivity contribution in [1.29, 1.82) is 0 Å². The summed E-state index contributed by atoms with van der Waals surface area (Å²) < 4.78 is 35.2. The average molecular weight is 419 g/mol. The van der Waals surface area contributed by atoms with Crippen LogP contribution >= 0.6 is 23.2 Å². The lowest BCUT2D eigenvalue weighted by molar-refractivity contribution is 0.392. The molecular formula is C16H16Cl2N2O5S. The monoisotopic (exact) mass is 418 g/mol. The first-order valence-corrected chi connectivity index (χ1v) is 9.40. The topological polar surface area (TPSA) is 97.2 Å². The van der Waals surface area contributed by atoms with Crippen molar-refractivity contribution < 1.29 is 23.0 Å². The van der Waals surface area contributed by atoms with Gasteiger partial charge in [-0.3, -0.25) is 0 Å². The lowest BCUT2D eigenvalue weighted by atomic mass is 10.1. The Morgan fingerprint density at radius 2 is 1.85 bits per heavy atom. The molecule has 2 aromatic rings. The van der Waals surface area contributed by atoms with Crippen LogP contribution in [0, 0.1) is 0 Å². The Balaban J connectivity index is 2.40. The van der Waals surface area contributed by atoms with E-state index >= 15 is 0 Å². The molecule has 0 saturated heterocycles. The van der Waals surface area contributed by atoms with E-state index in [2.05, 4.69) is 9.93 Å². The van der Waals surface area contributed by atoms with Gasteiger partial charge in [0.15, 0.2) is 0 Å². The third-order valence-electron chi connectivity index (χ3n) is 3.41. The van der Waals surface area contributed by atoms with Crippen LogP contribution in [-0.2, 0) is 10.0 Å². The largest absolute Gasteiger partial charge is 0.506 e. The normalized spacial score (nSPS) is 12.0. The number of sulfonamides is 1. The maximum absolute atomic E-state index is 12.6. The van der Waals surface area contributed by atoms with Crippen molar-refractivity contribution in [1.82, 2.24) is 4.83 Å². The lowest BCUT2D eigenvalue weighted by Gasteiger charge is -2.11. The summed E-state index contributed by atoms with van der Waals surface area (Å²) in [5, 5.41) is 14.1.